The first-order valence-corrected chi connectivity index (χ1v) is 8.36. The van der Waals surface area contributed by atoms with Gasteiger partial charge in [0.2, 0.25) is 5.91 Å². The average Bonchev–Trinajstić information content (AvgIpc) is 3.09. The average molecular weight is 317 g/mol. The third kappa shape index (κ3) is 3.16. The predicted octanol–water partition coefficient (Wildman–Crippen LogP) is 1.70. The number of amidine groups is 1. The highest BCUT2D eigenvalue weighted by Gasteiger charge is 2.42. The van der Waals surface area contributed by atoms with Gasteiger partial charge in [0.15, 0.2) is 5.17 Å². The molecular formula is C16H17N2O3S-. The third-order valence-corrected chi connectivity index (χ3v) is 5.14. The van der Waals surface area contributed by atoms with Crippen molar-refractivity contribution in [3.05, 3.63) is 30.3 Å². The quantitative estimate of drug-likeness (QED) is 0.847. The van der Waals surface area contributed by atoms with E-state index in [-0.39, 0.29) is 18.4 Å². The van der Waals surface area contributed by atoms with E-state index in [4.69, 9.17) is 0 Å². The van der Waals surface area contributed by atoms with Crippen LogP contribution in [0.15, 0.2) is 35.3 Å². The fraction of sp³-hybridized carbons (Fsp3) is 0.438. The first kappa shape index (κ1) is 15.1. The fourth-order valence-corrected chi connectivity index (χ4v) is 4.15. The van der Waals surface area contributed by atoms with Crippen molar-refractivity contribution in [2.45, 2.75) is 43.4 Å². The minimum atomic E-state index is -1.20. The van der Waals surface area contributed by atoms with E-state index in [9.17, 15) is 14.7 Å². The molecule has 5 nitrogen and oxygen atoms in total. The molecule has 0 aromatic heterocycles. The van der Waals surface area contributed by atoms with Gasteiger partial charge in [0.1, 0.15) is 0 Å². The molecule has 0 radical (unpaired) electrons. The van der Waals surface area contributed by atoms with Crippen LogP contribution < -0.4 is 5.11 Å². The summed E-state index contributed by atoms with van der Waals surface area (Å²) in [4.78, 5) is 29.7. The maximum absolute atomic E-state index is 12.6. The Morgan fingerprint density at radius 1 is 1.27 bits per heavy atom. The number of hydrogen-bond acceptors (Lipinski definition) is 5. The normalized spacial score (nSPS) is 24.4. The molecule has 1 aromatic carbocycles. The fourth-order valence-electron chi connectivity index (χ4n) is 2.96. The van der Waals surface area contributed by atoms with Crippen molar-refractivity contribution in [3.8, 4) is 0 Å². The Morgan fingerprint density at radius 3 is 2.59 bits per heavy atom. The number of carbonyl (C=O) groups excluding carboxylic acids is 2. The number of amides is 1. The summed E-state index contributed by atoms with van der Waals surface area (Å²) < 4.78 is 0. The molecule has 1 aliphatic heterocycles. The van der Waals surface area contributed by atoms with Crippen LogP contribution in [0.5, 0.6) is 0 Å². The van der Waals surface area contributed by atoms with E-state index >= 15 is 0 Å². The van der Waals surface area contributed by atoms with Gasteiger partial charge >= 0.3 is 0 Å². The van der Waals surface area contributed by atoms with Gasteiger partial charge in [-0.1, -0.05) is 42.8 Å². The van der Waals surface area contributed by atoms with Crippen LogP contribution in [-0.2, 0) is 9.59 Å². The van der Waals surface area contributed by atoms with Crippen molar-refractivity contribution in [1.82, 2.24) is 4.90 Å². The van der Waals surface area contributed by atoms with E-state index in [1.807, 2.05) is 30.3 Å². The second kappa shape index (κ2) is 6.52. The zero-order valence-electron chi connectivity index (χ0n) is 12.1. The van der Waals surface area contributed by atoms with Gasteiger partial charge in [-0.25, -0.2) is 4.99 Å². The molecule has 0 spiro atoms. The van der Waals surface area contributed by atoms with E-state index in [1.54, 1.807) is 4.90 Å². The summed E-state index contributed by atoms with van der Waals surface area (Å²) in [7, 11) is 0. The monoisotopic (exact) mass is 317 g/mol. The third-order valence-electron chi connectivity index (χ3n) is 3.99. The van der Waals surface area contributed by atoms with Crippen molar-refractivity contribution in [2.75, 3.05) is 0 Å². The lowest BCUT2D eigenvalue weighted by molar-refractivity contribution is -0.305. The molecule has 1 heterocycles. The Kier molecular flexibility index (Phi) is 4.47. The van der Waals surface area contributed by atoms with E-state index in [1.165, 1.54) is 11.8 Å². The molecule has 0 N–H and O–H groups in total. The van der Waals surface area contributed by atoms with Gasteiger partial charge in [-0.3, -0.25) is 9.69 Å². The SMILES string of the molecule is O=C([O-])C[C@H]1SC(=Nc2ccccc2)N(C2CCCC2)C1=O. The van der Waals surface area contributed by atoms with Crippen molar-refractivity contribution >= 4 is 34.5 Å². The number of benzene rings is 1. The van der Waals surface area contributed by atoms with Crippen molar-refractivity contribution < 1.29 is 14.7 Å². The maximum atomic E-state index is 12.6. The number of aliphatic carboxylic acids is 1. The highest BCUT2D eigenvalue weighted by atomic mass is 32.2. The summed E-state index contributed by atoms with van der Waals surface area (Å²) >= 11 is 1.24. The lowest BCUT2D eigenvalue weighted by Gasteiger charge is -2.23. The van der Waals surface area contributed by atoms with Gasteiger partial charge in [0.25, 0.3) is 0 Å². The molecule has 2 aliphatic rings. The van der Waals surface area contributed by atoms with Gasteiger partial charge < -0.3 is 9.90 Å². The molecule has 6 heteroatoms. The lowest BCUT2D eigenvalue weighted by atomic mass is 10.2. The first-order valence-electron chi connectivity index (χ1n) is 7.48. The number of carboxylic acids is 1. The largest absolute Gasteiger partial charge is 0.550 e. The molecule has 22 heavy (non-hydrogen) atoms. The molecular weight excluding hydrogens is 300 g/mol. The molecule has 1 aliphatic carbocycles. The zero-order chi connectivity index (χ0) is 15.5. The zero-order valence-corrected chi connectivity index (χ0v) is 12.9. The number of para-hydroxylation sites is 1. The highest BCUT2D eigenvalue weighted by molar-refractivity contribution is 8.15. The number of carbonyl (C=O) groups is 2. The molecule has 1 saturated carbocycles. The minimum Gasteiger partial charge on any atom is -0.550 e. The van der Waals surface area contributed by atoms with Crippen LogP contribution in [0.4, 0.5) is 5.69 Å². The second-order valence-electron chi connectivity index (χ2n) is 5.56. The molecule has 116 valence electrons. The Bertz CT molecular complexity index is 597. The lowest BCUT2D eigenvalue weighted by Crippen LogP contribution is -2.40. The van der Waals surface area contributed by atoms with Crippen LogP contribution in [0.2, 0.25) is 0 Å². The van der Waals surface area contributed by atoms with Gasteiger partial charge in [0, 0.05) is 18.4 Å². The summed E-state index contributed by atoms with van der Waals surface area (Å²) in [5, 5.41) is 10.9. The highest BCUT2D eigenvalue weighted by Crippen LogP contribution is 2.36. The predicted molar refractivity (Wildman–Crippen MR) is 83.6 cm³/mol. The Labute approximate surface area is 133 Å². The molecule has 1 saturated heterocycles. The van der Waals surface area contributed by atoms with E-state index < -0.39 is 11.2 Å². The van der Waals surface area contributed by atoms with Crippen LogP contribution in [0, 0.1) is 0 Å². The number of aliphatic imine (C=N–C) groups is 1. The molecule has 3 rings (SSSR count). The van der Waals surface area contributed by atoms with Gasteiger partial charge in [0.05, 0.1) is 10.9 Å². The summed E-state index contributed by atoms with van der Waals surface area (Å²) in [6.07, 6.45) is 3.85. The molecule has 0 bridgehead atoms. The minimum absolute atomic E-state index is 0.143. The summed E-state index contributed by atoms with van der Waals surface area (Å²) in [5.74, 6) is -1.34. The van der Waals surface area contributed by atoms with E-state index in [0.29, 0.717) is 5.17 Å². The molecule has 0 unspecified atom stereocenters. The van der Waals surface area contributed by atoms with Gasteiger partial charge in [-0.05, 0) is 25.0 Å². The van der Waals surface area contributed by atoms with Gasteiger partial charge in [-0.2, -0.15) is 0 Å². The van der Waals surface area contributed by atoms with Crippen LogP contribution in [0.25, 0.3) is 0 Å². The van der Waals surface area contributed by atoms with Crippen LogP contribution >= 0.6 is 11.8 Å². The molecule has 1 amide bonds. The summed E-state index contributed by atoms with van der Waals surface area (Å²) in [6.45, 7) is 0. The van der Waals surface area contributed by atoms with Crippen LogP contribution in [-0.4, -0.2) is 33.2 Å². The number of thioether (sulfide) groups is 1. The molecule has 1 atom stereocenters. The maximum Gasteiger partial charge on any atom is 0.242 e. The standard InChI is InChI=1S/C16H18N2O3S/c19-14(20)10-13-15(21)18(12-8-4-5-9-12)16(22-13)17-11-6-2-1-3-7-11/h1-3,6-7,12-13H,4-5,8-10H2,(H,19,20)/p-1/t13-/m1/s1. The van der Waals surface area contributed by atoms with Crippen LogP contribution in [0.1, 0.15) is 32.1 Å². The number of hydrogen-bond donors (Lipinski definition) is 0. The molecule has 2 fully saturated rings. The first-order chi connectivity index (χ1) is 10.6. The summed E-state index contributed by atoms with van der Waals surface area (Å²) in [6, 6.07) is 9.57. The number of carboxylic acid groups (broad SMARTS) is 1. The van der Waals surface area contributed by atoms with Crippen LogP contribution in [0.3, 0.4) is 0 Å². The van der Waals surface area contributed by atoms with Crippen molar-refractivity contribution in [2.24, 2.45) is 4.99 Å². The Morgan fingerprint density at radius 2 is 1.95 bits per heavy atom. The van der Waals surface area contributed by atoms with Gasteiger partial charge in [-0.15, -0.1) is 0 Å². The Hall–Kier alpha value is -1.82. The van der Waals surface area contributed by atoms with Crippen molar-refractivity contribution in [1.29, 1.82) is 0 Å². The van der Waals surface area contributed by atoms with E-state index in [0.717, 1.165) is 31.4 Å². The van der Waals surface area contributed by atoms with Crippen molar-refractivity contribution in [3.63, 3.8) is 0 Å². The topological polar surface area (TPSA) is 72.8 Å². The smallest absolute Gasteiger partial charge is 0.242 e. The van der Waals surface area contributed by atoms with E-state index in [2.05, 4.69) is 4.99 Å². The number of rotatable bonds is 4. The Balaban J connectivity index is 1.89. The summed E-state index contributed by atoms with van der Waals surface area (Å²) in [5.41, 5.74) is 0.773. The second-order valence-corrected chi connectivity index (χ2v) is 6.73. The molecule has 1 aromatic rings. The number of nitrogens with zero attached hydrogens (tertiary/aromatic N) is 2.